The topological polar surface area (TPSA) is 20.2 Å². The Morgan fingerprint density at radius 3 is 2.32 bits per heavy atom. The summed E-state index contributed by atoms with van der Waals surface area (Å²) in [7, 11) is 0. The van der Waals surface area contributed by atoms with Gasteiger partial charge in [-0.15, -0.1) is 0 Å². The van der Waals surface area contributed by atoms with Gasteiger partial charge in [-0.1, -0.05) is 50.1 Å². The number of unbranched alkanes of at least 4 members (excludes halogenated alkanes) is 2. The van der Waals surface area contributed by atoms with E-state index < -0.39 is 0 Å². The van der Waals surface area contributed by atoms with E-state index in [0.29, 0.717) is 5.75 Å². The lowest BCUT2D eigenvalue weighted by Gasteiger charge is -2.09. The summed E-state index contributed by atoms with van der Waals surface area (Å²) in [5, 5.41) is 9.34. The number of phenolic OH excluding ortho intramolecular Hbond substituents is 1. The molecule has 1 heteroatoms. The Morgan fingerprint density at radius 1 is 0.947 bits per heavy atom. The largest absolute Gasteiger partial charge is 0.508 e. The van der Waals surface area contributed by atoms with Crippen LogP contribution in [0.5, 0.6) is 5.75 Å². The Kier molecular flexibility index (Phi) is 4.62. The maximum atomic E-state index is 9.34. The van der Waals surface area contributed by atoms with Crippen molar-refractivity contribution in [2.45, 2.75) is 39.5 Å². The third-order valence-electron chi connectivity index (χ3n) is 3.54. The highest BCUT2D eigenvalue weighted by atomic mass is 16.3. The molecule has 0 radical (unpaired) electrons. The number of hydrogen-bond acceptors (Lipinski definition) is 1. The normalized spacial score (nSPS) is 10.6. The molecule has 2 aromatic carbocycles. The average Bonchev–Trinajstić information content (AvgIpc) is 2.41. The van der Waals surface area contributed by atoms with Crippen molar-refractivity contribution in [3.8, 4) is 16.9 Å². The van der Waals surface area contributed by atoms with Gasteiger partial charge in [-0.2, -0.15) is 0 Å². The minimum absolute atomic E-state index is 0.317. The molecule has 0 amide bonds. The highest BCUT2D eigenvalue weighted by Gasteiger charge is 2.03. The van der Waals surface area contributed by atoms with Gasteiger partial charge >= 0.3 is 0 Å². The van der Waals surface area contributed by atoms with Crippen molar-refractivity contribution in [3.63, 3.8) is 0 Å². The standard InChI is InChI=1S/C18H22O/c1-3-4-5-6-15-7-12-18(14(2)13-15)16-8-10-17(19)11-9-16/h7-13,19H,3-6H2,1-2H3. The minimum atomic E-state index is 0.317. The van der Waals surface area contributed by atoms with E-state index in [1.807, 2.05) is 12.1 Å². The Labute approximate surface area is 115 Å². The summed E-state index contributed by atoms with van der Waals surface area (Å²) >= 11 is 0. The van der Waals surface area contributed by atoms with Crippen LogP contribution in [0.2, 0.25) is 0 Å². The zero-order valence-corrected chi connectivity index (χ0v) is 11.8. The Morgan fingerprint density at radius 2 is 1.68 bits per heavy atom. The first-order chi connectivity index (χ1) is 9.20. The second kappa shape index (κ2) is 6.42. The summed E-state index contributed by atoms with van der Waals surface area (Å²) in [4.78, 5) is 0. The summed E-state index contributed by atoms with van der Waals surface area (Å²) in [6.07, 6.45) is 5.02. The summed E-state index contributed by atoms with van der Waals surface area (Å²) in [5.41, 5.74) is 5.14. The summed E-state index contributed by atoms with van der Waals surface area (Å²) in [5.74, 6) is 0.317. The number of phenols is 1. The third kappa shape index (κ3) is 3.60. The molecule has 0 aliphatic heterocycles. The molecule has 0 unspecified atom stereocenters. The molecule has 0 spiro atoms. The van der Waals surface area contributed by atoms with E-state index in [4.69, 9.17) is 0 Å². The SMILES string of the molecule is CCCCCc1ccc(-c2ccc(O)cc2)c(C)c1. The Balaban J connectivity index is 2.17. The van der Waals surface area contributed by atoms with Crippen LogP contribution in [0, 0.1) is 6.92 Å². The maximum absolute atomic E-state index is 9.34. The van der Waals surface area contributed by atoms with E-state index in [1.165, 1.54) is 42.4 Å². The molecule has 2 aromatic rings. The number of rotatable bonds is 5. The molecule has 0 aliphatic carbocycles. The van der Waals surface area contributed by atoms with Crippen LogP contribution < -0.4 is 0 Å². The first-order valence-corrected chi connectivity index (χ1v) is 7.09. The van der Waals surface area contributed by atoms with Gasteiger partial charge in [0.05, 0.1) is 0 Å². The fourth-order valence-electron chi connectivity index (χ4n) is 2.43. The monoisotopic (exact) mass is 254 g/mol. The third-order valence-corrected chi connectivity index (χ3v) is 3.54. The average molecular weight is 254 g/mol. The minimum Gasteiger partial charge on any atom is -0.508 e. The molecule has 100 valence electrons. The van der Waals surface area contributed by atoms with Gasteiger partial charge in [0, 0.05) is 0 Å². The molecule has 0 bridgehead atoms. The molecule has 0 atom stereocenters. The Bertz CT molecular complexity index is 526. The number of hydrogen-bond donors (Lipinski definition) is 1. The molecule has 1 N–H and O–H groups in total. The quantitative estimate of drug-likeness (QED) is 0.736. The molecule has 1 nitrogen and oxygen atoms in total. The van der Waals surface area contributed by atoms with Crippen LogP contribution in [0.3, 0.4) is 0 Å². The van der Waals surface area contributed by atoms with Crippen molar-refractivity contribution in [1.29, 1.82) is 0 Å². The van der Waals surface area contributed by atoms with Crippen LogP contribution >= 0.6 is 0 Å². The molecule has 0 aliphatic rings. The van der Waals surface area contributed by atoms with Gasteiger partial charge < -0.3 is 5.11 Å². The van der Waals surface area contributed by atoms with Gasteiger partial charge in [0.25, 0.3) is 0 Å². The van der Waals surface area contributed by atoms with Gasteiger partial charge in [-0.05, 0) is 54.2 Å². The van der Waals surface area contributed by atoms with Crippen LogP contribution in [0.4, 0.5) is 0 Å². The molecular formula is C18H22O. The summed E-state index contributed by atoms with van der Waals surface area (Å²) in [6, 6.07) is 14.1. The number of aromatic hydroxyl groups is 1. The molecule has 0 heterocycles. The van der Waals surface area contributed by atoms with Crippen LogP contribution in [0.15, 0.2) is 42.5 Å². The molecule has 0 fully saturated rings. The second-order valence-electron chi connectivity index (χ2n) is 5.15. The van der Waals surface area contributed by atoms with Crippen LogP contribution in [-0.4, -0.2) is 5.11 Å². The predicted molar refractivity (Wildman–Crippen MR) is 81.5 cm³/mol. The number of benzene rings is 2. The van der Waals surface area contributed by atoms with Gasteiger partial charge in [0.15, 0.2) is 0 Å². The van der Waals surface area contributed by atoms with Crippen molar-refractivity contribution < 1.29 is 5.11 Å². The second-order valence-corrected chi connectivity index (χ2v) is 5.15. The first kappa shape index (κ1) is 13.7. The summed E-state index contributed by atoms with van der Waals surface area (Å²) in [6.45, 7) is 4.39. The molecule has 19 heavy (non-hydrogen) atoms. The van der Waals surface area contributed by atoms with Gasteiger partial charge in [0.1, 0.15) is 5.75 Å². The fraction of sp³-hybridized carbons (Fsp3) is 0.333. The lowest BCUT2D eigenvalue weighted by Crippen LogP contribution is -1.89. The molecule has 0 saturated carbocycles. The number of aryl methyl sites for hydroxylation is 2. The smallest absolute Gasteiger partial charge is 0.115 e. The summed E-state index contributed by atoms with van der Waals surface area (Å²) < 4.78 is 0. The van der Waals surface area contributed by atoms with Gasteiger partial charge in [0.2, 0.25) is 0 Å². The van der Waals surface area contributed by atoms with Crippen molar-refractivity contribution in [3.05, 3.63) is 53.6 Å². The van der Waals surface area contributed by atoms with Gasteiger partial charge in [-0.3, -0.25) is 0 Å². The molecular weight excluding hydrogens is 232 g/mol. The van der Waals surface area contributed by atoms with Crippen molar-refractivity contribution in [1.82, 2.24) is 0 Å². The van der Waals surface area contributed by atoms with Crippen molar-refractivity contribution >= 4 is 0 Å². The first-order valence-electron chi connectivity index (χ1n) is 7.09. The Hall–Kier alpha value is -1.76. The highest BCUT2D eigenvalue weighted by molar-refractivity contribution is 5.68. The lowest BCUT2D eigenvalue weighted by molar-refractivity contribution is 0.475. The molecule has 0 saturated heterocycles. The highest BCUT2D eigenvalue weighted by Crippen LogP contribution is 2.26. The van der Waals surface area contributed by atoms with E-state index in [-0.39, 0.29) is 0 Å². The van der Waals surface area contributed by atoms with E-state index >= 15 is 0 Å². The zero-order chi connectivity index (χ0) is 13.7. The van der Waals surface area contributed by atoms with Gasteiger partial charge in [-0.25, -0.2) is 0 Å². The van der Waals surface area contributed by atoms with E-state index in [0.717, 1.165) is 5.56 Å². The fourth-order valence-corrected chi connectivity index (χ4v) is 2.43. The van der Waals surface area contributed by atoms with Crippen LogP contribution in [0.1, 0.15) is 37.3 Å². The lowest BCUT2D eigenvalue weighted by atomic mass is 9.96. The predicted octanol–water partition coefficient (Wildman–Crippen LogP) is 5.10. The van der Waals surface area contributed by atoms with E-state index in [9.17, 15) is 5.11 Å². The zero-order valence-electron chi connectivity index (χ0n) is 11.8. The molecule has 2 rings (SSSR count). The maximum Gasteiger partial charge on any atom is 0.115 e. The van der Waals surface area contributed by atoms with E-state index in [2.05, 4.69) is 32.0 Å². The van der Waals surface area contributed by atoms with Crippen molar-refractivity contribution in [2.24, 2.45) is 0 Å². The van der Waals surface area contributed by atoms with Crippen LogP contribution in [0.25, 0.3) is 11.1 Å². The van der Waals surface area contributed by atoms with Crippen LogP contribution in [-0.2, 0) is 6.42 Å². The molecule has 0 aromatic heterocycles. The van der Waals surface area contributed by atoms with Crippen molar-refractivity contribution in [2.75, 3.05) is 0 Å². The van der Waals surface area contributed by atoms with E-state index in [1.54, 1.807) is 12.1 Å².